The smallest absolute Gasteiger partial charge is 0.262 e. The molecular formula is C38H39Cl2N7O5. The van der Waals surface area contributed by atoms with Crippen molar-refractivity contribution in [2.75, 3.05) is 27.2 Å². The van der Waals surface area contributed by atoms with E-state index in [9.17, 15) is 19.5 Å². The number of amides is 2. The van der Waals surface area contributed by atoms with Crippen LogP contribution in [0.15, 0.2) is 77.9 Å². The highest BCUT2D eigenvalue weighted by Gasteiger charge is 2.21. The number of halogens is 2. The number of aliphatic hydroxyl groups excluding tert-OH is 1. The van der Waals surface area contributed by atoms with Crippen LogP contribution in [0.2, 0.25) is 10.0 Å². The van der Waals surface area contributed by atoms with Crippen LogP contribution >= 0.6 is 23.2 Å². The summed E-state index contributed by atoms with van der Waals surface area (Å²) < 4.78 is 7.09. The molecule has 0 unspecified atom stereocenters. The molecule has 14 heteroatoms. The molecule has 1 fully saturated rings. The standard InChI is InChI=1S/C38H39Cl2N7O5/c1-41-34(50)16-26(48)21-43-18-24-19-44-32-15-22(13-14-47(32)38(24)51)27-5-3-6-28(35(27)39)29-7-4-8-30(36(29)40)31-11-9-23(37(46-31)52-2)17-42-20-25-10-12-33(49)45-25/h3-9,11,13-15,19,25-26,42-43,48H,10,12,16-18,20-21H2,1-2H3,(H,41,50)(H,45,49)/t25-,26-/m0/s1. The first-order valence-electron chi connectivity index (χ1n) is 16.9. The summed E-state index contributed by atoms with van der Waals surface area (Å²) >= 11 is 14.2. The topological polar surface area (TPSA) is 159 Å². The lowest BCUT2D eigenvalue weighted by Crippen LogP contribution is -2.35. The molecule has 52 heavy (non-hydrogen) atoms. The van der Waals surface area contributed by atoms with Gasteiger partial charge in [0.1, 0.15) is 5.65 Å². The van der Waals surface area contributed by atoms with Gasteiger partial charge in [-0.05, 0) is 30.2 Å². The minimum absolute atomic E-state index is 0.0353. The number of rotatable bonds is 14. The van der Waals surface area contributed by atoms with Crippen LogP contribution in [-0.4, -0.2) is 70.7 Å². The molecule has 0 bridgehead atoms. The number of benzene rings is 2. The summed E-state index contributed by atoms with van der Waals surface area (Å²) in [4.78, 5) is 45.5. The normalized spacial score (nSPS) is 14.7. The van der Waals surface area contributed by atoms with Crippen molar-refractivity contribution in [3.05, 3.63) is 105 Å². The number of aromatic nitrogens is 3. The molecule has 12 nitrogen and oxygen atoms in total. The molecule has 1 saturated heterocycles. The molecule has 2 atom stereocenters. The van der Waals surface area contributed by atoms with Crippen molar-refractivity contribution >= 4 is 40.7 Å². The van der Waals surface area contributed by atoms with Crippen LogP contribution in [0, 0.1) is 0 Å². The van der Waals surface area contributed by atoms with Gasteiger partial charge in [-0.2, -0.15) is 0 Å². The van der Waals surface area contributed by atoms with Crippen molar-refractivity contribution in [3.63, 3.8) is 0 Å². The molecule has 1 aliphatic rings. The fourth-order valence-electron chi connectivity index (χ4n) is 6.21. The van der Waals surface area contributed by atoms with E-state index in [2.05, 4.69) is 26.3 Å². The molecule has 1 aliphatic heterocycles. The van der Waals surface area contributed by atoms with E-state index in [0.717, 1.165) is 34.2 Å². The predicted molar refractivity (Wildman–Crippen MR) is 201 cm³/mol. The van der Waals surface area contributed by atoms with Crippen LogP contribution in [0.5, 0.6) is 5.88 Å². The van der Waals surface area contributed by atoms with Gasteiger partial charge in [-0.3, -0.25) is 18.8 Å². The molecule has 6 rings (SSSR count). The minimum atomic E-state index is -0.879. The largest absolute Gasteiger partial charge is 0.481 e. The Morgan fingerprint density at radius 2 is 1.71 bits per heavy atom. The number of carbonyl (C=O) groups is 2. The first-order chi connectivity index (χ1) is 25.2. The molecule has 5 N–H and O–H groups in total. The average Bonchev–Trinajstić information content (AvgIpc) is 3.57. The number of ether oxygens (including phenoxy) is 1. The highest BCUT2D eigenvalue weighted by Crippen LogP contribution is 2.42. The van der Waals surface area contributed by atoms with Crippen molar-refractivity contribution in [3.8, 4) is 39.4 Å². The van der Waals surface area contributed by atoms with E-state index < -0.39 is 6.10 Å². The fraction of sp³-hybridized carbons (Fsp3) is 0.289. The Labute approximate surface area is 310 Å². The second kappa shape index (κ2) is 16.7. The first kappa shape index (κ1) is 36.9. The van der Waals surface area contributed by atoms with Gasteiger partial charge in [0.05, 0.1) is 35.4 Å². The van der Waals surface area contributed by atoms with Gasteiger partial charge in [-0.1, -0.05) is 65.7 Å². The van der Waals surface area contributed by atoms with Gasteiger partial charge in [0.25, 0.3) is 5.56 Å². The van der Waals surface area contributed by atoms with Crippen molar-refractivity contribution in [1.82, 2.24) is 35.6 Å². The van der Waals surface area contributed by atoms with Gasteiger partial charge in [-0.25, -0.2) is 9.97 Å². The first-order valence-corrected chi connectivity index (χ1v) is 17.6. The quantitative estimate of drug-likeness (QED) is 0.111. The van der Waals surface area contributed by atoms with E-state index in [1.54, 1.807) is 25.4 Å². The summed E-state index contributed by atoms with van der Waals surface area (Å²) in [6.07, 6.45) is 3.63. The monoisotopic (exact) mass is 743 g/mol. The second-order valence-electron chi connectivity index (χ2n) is 12.5. The molecule has 2 aromatic carbocycles. The molecule has 2 amide bonds. The van der Waals surface area contributed by atoms with Gasteiger partial charge in [0.15, 0.2) is 0 Å². The number of nitrogens with zero attached hydrogens (tertiary/aromatic N) is 3. The van der Waals surface area contributed by atoms with Gasteiger partial charge >= 0.3 is 0 Å². The van der Waals surface area contributed by atoms with E-state index >= 15 is 0 Å². The third kappa shape index (κ3) is 8.27. The Balaban J connectivity index is 1.21. The maximum atomic E-state index is 13.2. The number of hydrogen-bond acceptors (Lipinski definition) is 9. The maximum absolute atomic E-state index is 13.2. The second-order valence-corrected chi connectivity index (χ2v) is 13.3. The predicted octanol–water partition coefficient (Wildman–Crippen LogP) is 4.36. The number of aliphatic hydroxyl groups is 1. The summed E-state index contributed by atoms with van der Waals surface area (Å²) in [7, 11) is 3.09. The Hall–Kier alpha value is -4.85. The molecule has 3 aromatic heterocycles. The van der Waals surface area contributed by atoms with Crippen LogP contribution < -0.4 is 31.6 Å². The lowest BCUT2D eigenvalue weighted by Gasteiger charge is -2.16. The molecule has 0 radical (unpaired) electrons. The Kier molecular flexibility index (Phi) is 11.8. The highest BCUT2D eigenvalue weighted by atomic mass is 35.5. The molecule has 270 valence electrons. The van der Waals surface area contributed by atoms with Gasteiger partial charge < -0.3 is 31.1 Å². The van der Waals surface area contributed by atoms with Crippen molar-refractivity contribution < 1.29 is 19.4 Å². The lowest BCUT2D eigenvalue weighted by atomic mass is 9.97. The van der Waals surface area contributed by atoms with E-state index in [-0.39, 0.29) is 42.9 Å². The van der Waals surface area contributed by atoms with Crippen LogP contribution in [0.4, 0.5) is 0 Å². The number of carbonyl (C=O) groups excluding carboxylic acids is 2. The molecule has 4 heterocycles. The molecule has 0 spiro atoms. The van der Waals surface area contributed by atoms with Gasteiger partial charge in [-0.15, -0.1) is 0 Å². The van der Waals surface area contributed by atoms with Gasteiger partial charge in [0, 0.05) is 91.5 Å². The van der Waals surface area contributed by atoms with E-state index in [0.29, 0.717) is 57.9 Å². The van der Waals surface area contributed by atoms with E-state index in [1.807, 2.05) is 48.5 Å². The number of fused-ring (bicyclic) bond motifs is 1. The molecular weight excluding hydrogens is 705 g/mol. The minimum Gasteiger partial charge on any atom is -0.481 e. The lowest BCUT2D eigenvalue weighted by molar-refractivity contribution is -0.122. The molecule has 5 aromatic rings. The zero-order chi connectivity index (χ0) is 36.8. The Bertz CT molecular complexity index is 2180. The van der Waals surface area contributed by atoms with Crippen molar-refractivity contribution in [2.24, 2.45) is 0 Å². The summed E-state index contributed by atoms with van der Waals surface area (Å²) in [5.74, 6) is 0.298. The number of nitrogens with one attached hydrogen (secondary N) is 4. The van der Waals surface area contributed by atoms with Crippen LogP contribution in [0.3, 0.4) is 0 Å². The van der Waals surface area contributed by atoms with Crippen LogP contribution in [0.1, 0.15) is 30.4 Å². The number of methoxy groups -OCH3 is 1. The summed E-state index contributed by atoms with van der Waals surface area (Å²) in [6, 6.07) is 19.0. The Morgan fingerprint density at radius 1 is 1.00 bits per heavy atom. The third-order valence-electron chi connectivity index (χ3n) is 8.97. The SMILES string of the molecule is CNC(=O)C[C@H](O)CNCc1cnc2cc(-c3cccc(-c4cccc(-c5ccc(CNC[C@@H]6CCC(=O)N6)c(OC)n5)c4Cl)c3Cl)ccn2c1=O. The summed E-state index contributed by atoms with van der Waals surface area (Å²) in [6.45, 7) is 1.52. The Morgan fingerprint density at radius 3 is 2.42 bits per heavy atom. The van der Waals surface area contributed by atoms with Crippen molar-refractivity contribution in [2.45, 2.75) is 44.5 Å². The average molecular weight is 745 g/mol. The van der Waals surface area contributed by atoms with Crippen LogP contribution in [0.25, 0.3) is 39.2 Å². The maximum Gasteiger partial charge on any atom is 0.262 e. The molecule has 0 aliphatic carbocycles. The summed E-state index contributed by atoms with van der Waals surface area (Å²) in [5.41, 5.74) is 5.80. The zero-order valence-electron chi connectivity index (χ0n) is 28.7. The fourth-order valence-corrected chi connectivity index (χ4v) is 6.87. The zero-order valence-corrected chi connectivity index (χ0v) is 30.2. The van der Waals surface area contributed by atoms with Crippen LogP contribution in [-0.2, 0) is 22.7 Å². The van der Waals surface area contributed by atoms with E-state index in [1.165, 1.54) is 17.6 Å². The van der Waals surface area contributed by atoms with Crippen molar-refractivity contribution in [1.29, 1.82) is 0 Å². The molecule has 0 saturated carbocycles. The van der Waals surface area contributed by atoms with E-state index in [4.69, 9.17) is 32.9 Å². The number of pyridine rings is 2. The van der Waals surface area contributed by atoms with Gasteiger partial charge in [0.2, 0.25) is 17.7 Å². The highest BCUT2D eigenvalue weighted by molar-refractivity contribution is 6.39. The summed E-state index contributed by atoms with van der Waals surface area (Å²) in [5, 5.41) is 22.8. The number of hydrogen-bond donors (Lipinski definition) is 5. The third-order valence-corrected chi connectivity index (χ3v) is 9.79.